The molecule has 14 aromatic carbocycles. The predicted molar refractivity (Wildman–Crippen MR) is 370 cm³/mol. The minimum atomic E-state index is 0.194. The normalized spacial score (nSPS) is 11.6. The molecule has 86 heavy (non-hydrogen) atoms. The lowest BCUT2D eigenvalue weighted by molar-refractivity contribution is 0.875. The lowest BCUT2D eigenvalue weighted by Gasteiger charge is -2.34. The fourth-order valence-electron chi connectivity index (χ4n) is 13.2. The van der Waals surface area contributed by atoms with Crippen molar-refractivity contribution in [1.29, 1.82) is 0 Å². The van der Waals surface area contributed by atoms with Gasteiger partial charge in [0.2, 0.25) is 0 Å². The summed E-state index contributed by atoms with van der Waals surface area (Å²) in [6.07, 6.45) is 0. The summed E-state index contributed by atoms with van der Waals surface area (Å²) in [5.74, 6) is 0.387. The Balaban J connectivity index is 1.12. The molecule has 0 spiro atoms. The van der Waals surface area contributed by atoms with E-state index in [9.17, 15) is 0 Å². The molecule has 0 unspecified atom stereocenters. The smallest absolute Gasteiger partial charge is 0.0546 e. The Morgan fingerprint density at radius 1 is 0.221 bits per heavy atom. The first-order valence-corrected chi connectivity index (χ1v) is 30.4. The van der Waals surface area contributed by atoms with Crippen LogP contribution in [0.15, 0.2) is 291 Å². The van der Waals surface area contributed by atoms with Crippen LogP contribution in [-0.2, 0) is 0 Å². The van der Waals surface area contributed by atoms with Crippen LogP contribution in [0.5, 0.6) is 0 Å². The minimum Gasteiger partial charge on any atom is -0.309 e. The second-order valence-electron chi connectivity index (χ2n) is 23.7. The largest absolute Gasteiger partial charge is 0.309 e. The van der Waals surface area contributed by atoms with Crippen LogP contribution in [0.2, 0.25) is 0 Å². The van der Waals surface area contributed by atoms with Crippen molar-refractivity contribution in [3.05, 3.63) is 313 Å². The number of benzene rings is 14. The van der Waals surface area contributed by atoms with Crippen molar-refractivity contribution in [3.8, 4) is 66.8 Å². The van der Waals surface area contributed by atoms with Crippen LogP contribution in [0, 0.1) is 13.8 Å². The first-order chi connectivity index (χ1) is 42.2. The molecule has 0 atom stereocenters. The molecule has 2 heteroatoms. The molecule has 0 aliphatic rings. The van der Waals surface area contributed by atoms with Crippen molar-refractivity contribution < 1.29 is 0 Å². The highest BCUT2D eigenvalue weighted by molar-refractivity contribution is 6.30. The van der Waals surface area contributed by atoms with Crippen molar-refractivity contribution in [2.24, 2.45) is 0 Å². The maximum atomic E-state index is 2.62. The molecule has 0 aliphatic carbocycles. The Labute approximate surface area is 506 Å². The van der Waals surface area contributed by atoms with Crippen molar-refractivity contribution in [2.75, 3.05) is 9.80 Å². The van der Waals surface area contributed by atoms with Gasteiger partial charge in [-0.3, -0.25) is 0 Å². The molecule has 0 radical (unpaired) electrons. The van der Waals surface area contributed by atoms with E-state index >= 15 is 0 Å². The van der Waals surface area contributed by atoms with E-state index in [-0.39, 0.29) is 11.8 Å². The summed E-state index contributed by atoms with van der Waals surface area (Å²) in [5, 5.41) is 7.53. The van der Waals surface area contributed by atoms with E-state index in [1.54, 1.807) is 0 Å². The predicted octanol–water partition coefficient (Wildman–Crippen LogP) is 24.4. The van der Waals surface area contributed by atoms with Gasteiger partial charge >= 0.3 is 0 Å². The summed E-state index contributed by atoms with van der Waals surface area (Å²) < 4.78 is 0. The summed E-state index contributed by atoms with van der Waals surface area (Å²) in [6.45, 7) is 14.0. The second kappa shape index (κ2) is 22.7. The van der Waals surface area contributed by atoms with Crippen LogP contribution >= 0.6 is 0 Å². The number of hydrogen-bond donors (Lipinski definition) is 0. The van der Waals surface area contributed by atoms with Gasteiger partial charge in [-0.1, -0.05) is 282 Å². The Hall–Kier alpha value is -10.3. The first kappa shape index (κ1) is 53.7. The van der Waals surface area contributed by atoms with E-state index in [2.05, 4.69) is 343 Å². The highest BCUT2D eigenvalue weighted by Gasteiger charge is 2.30. The van der Waals surface area contributed by atoms with Crippen LogP contribution in [-0.4, -0.2) is 0 Å². The van der Waals surface area contributed by atoms with E-state index in [1.807, 2.05) is 0 Å². The third-order valence-corrected chi connectivity index (χ3v) is 17.6. The fourth-order valence-corrected chi connectivity index (χ4v) is 13.2. The average molecular weight is 1110 g/mol. The number of anilines is 6. The van der Waals surface area contributed by atoms with Crippen molar-refractivity contribution >= 4 is 66.4 Å². The van der Waals surface area contributed by atoms with Crippen LogP contribution in [0.3, 0.4) is 0 Å². The molecule has 14 aromatic rings. The molecule has 2 nitrogen and oxygen atoms in total. The summed E-state index contributed by atoms with van der Waals surface area (Å²) >= 11 is 0. The molecular formula is C84H68N2. The molecule has 0 saturated heterocycles. The summed E-state index contributed by atoms with van der Waals surface area (Å²) in [7, 11) is 0. The molecule has 0 bridgehead atoms. The number of nitrogens with zero attached hydrogens (tertiary/aromatic N) is 2. The summed E-state index contributed by atoms with van der Waals surface area (Å²) in [6, 6.07) is 108. The van der Waals surface area contributed by atoms with Gasteiger partial charge in [-0.2, -0.15) is 0 Å². The molecule has 14 rings (SSSR count). The molecule has 0 N–H and O–H groups in total. The number of aryl methyl sites for hydroxylation is 2. The van der Waals surface area contributed by atoms with Crippen LogP contribution in [0.1, 0.15) is 61.8 Å². The monoisotopic (exact) mass is 1100 g/mol. The van der Waals surface area contributed by atoms with Gasteiger partial charge in [0.15, 0.2) is 0 Å². The van der Waals surface area contributed by atoms with E-state index in [0.29, 0.717) is 0 Å². The highest BCUT2D eigenvalue weighted by Crippen LogP contribution is 2.55. The lowest BCUT2D eigenvalue weighted by Crippen LogP contribution is -2.15. The zero-order chi connectivity index (χ0) is 58.4. The Kier molecular flexibility index (Phi) is 14.2. The second-order valence-corrected chi connectivity index (χ2v) is 23.7. The molecule has 0 fully saturated rings. The Morgan fingerprint density at radius 2 is 0.488 bits per heavy atom. The third-order valence-electron chi connectivity index (χ3n) is 17.6. The Morgan fingerprint density at radius 3 is 0.791 bits per heavy atom. The standard InChI is InChI=1S/C84H68N2/c1-55(2)75-53-81(85(77-49-65(39-37-57(77)5)59-25-13-7-14-26-59)79-51-67(61-29-17-9-18-30-61)41-43-69(79)63-33-21-11-22-34-63)73-48-46-72-76(56(3)4)54-82(74-47-45-71(75)83(73)84(72)74)86(78-50-66(40-38-58(78)6)60-27-15-8-16-28-60)80-52-68(62-31-19-10-20-32-62)42-44-70(80)64-35-23-12-24-36-64/h7-56H,1-6H3. The average Bonchev–Trinajstić information content (AvgIpc) is 0.843. The van der Waals surface area contributed by atoms with Crippen molar-refractivity contribution in [3.63, 3.8) is 0 Å². The fraction of sp³-hybridized carbons (Fsp3) is 0.0952. The topological polar surface area (TPSA) is 6.48 Å². The SMILES string of the molecule is Cc1ccc(-c2ccccc2)cc1N(c1cc(-c2ccccc2)ccc1-c1ccccc1)c1cc(C(C)C)c2ccc3c(N(c4cc(-c5ccccc5)ccc4C)c4cc(-c5ccccc5)ccc4-c4ccccc4)cc(C(C)C)c4ccc1c2c43. The van der Waals surface area contributed by atoms with Crippen LogP contribution in [0.4, 0.5) is 34.1 Å². The quantitative estimate of drug-likeness (QED) is 0.100. The third kappa shape index (κ3) is 9.77. The molecule has 0 aliphatic heterocycles. The highest BCUT2D eigenvalue weighted by atomic mass is 15.2. The Bertz CT molecular complexity index is 4440. The van der Waals surface area contributed by atoms with Crippen LogP contribution < -0.4 is 9.80 Å². The summed E-state index contributed by atoms with van der Waals surface area (Å²) in [5.41, 5.74) is 25.8. The van der Waals surface area contributed by atoms with Gasteiger partial charge in [0.1, 0.15) is 0 Å². The lowest BCUT2D eigenvalue weighted by atomic mass is 9.83. The molecule has 414 valence electrons. The van der Waals surface area contributed by atoms with Gasteiger partial charge in [0.25, 0.3) is 0 Å². The summed E-state index contributed by atoms with van der Waals surface area (Å²) in [4.78, 5) is 5.23. The van der Waals surface area contributed by atoms with Gasteiger partial charge < -0.3 is 9.80 Å². The van der Waals surface area contributed by atoms with Gasteiger partial charge in [-0.25, -0.2) is 0 Å². The van der Waals surface area contributed by atoms with Gasteiger partial charge in [-0.15, -0.1) is 0 Å². The number of rotatable bonds is 14. The van der Waals surface area contributed by atoms with Gasteiger partial charge in [0.05, 0.1) is 22.7 Å². The first-order valence-electron chi connectivity index (χ1n) is 30.4. The molecule has 0 saturated carbocycles. The number of hydrogen-bond acceptors (Lipinski definition) is 2. The maximum Gasteiger partial charge on any atom is 0.0546 e. The van der Waals surface area contributed by atoms with E-state index in [1.165, 1.54) is 88.0 Å². The van der Waals surface area contributed by atoms with Gasteiger partial charge in [-0.05, 0) is 162 Å². The zero-order valence-corrected chi connectivity index (χ0v) is 49.8. The van der Waals surface area contributed by atoms with Gasteiger partial charge in [0, 0.05) is 33.3 Å². The maximum absolute atomic E-state index is 2.62. The molecule has 0 aromatic heterocycles. The molecular weight excluding hydrogens is 1040 g/mol. The van der Waals surface area contributed by atoms with E-state index in [4.69, 9.17) is 0 Å². The van der Waals surface area contributed by atoms with E-state index < -0.39 is 0 Å². The molecule has 0 amide bonds. The van der Waals surface area contributed by atoms with E-state index in [0.717, 1.165) is 67.5 Å². The zero-order valence-electron chi connectivity index (χ0n) is 49.8. The van der Waals surface area contributed by atoms with Crippen molar-refractivity contribution in [1.82, 2.24) is 0 Å². The van der Waals surface area contributed by atoms with Crippen molar-refractivity contribution in [2.45, 2.75) is 53.4 Å². The van der Waals surface area contributed by atoms with Crippen LogP contribution in [0.25, 0.3) is 99.1 Å². The minimum absolute atomic E-state index is 0.194. The molecule has 0 heterocycles.